The summed E-state index contributed by atoms with van der Waals surface area (Å²) in [6, 6.07) is 0. The highest BCUT2D eigenvalue weighted by molar-refractivity contribution is 7.66. The Labute approximate surface area is 169 Å². The smallest absolute Gasteiger partial charge is 0.308 e. The molecule has 0 N–H and O–H groups in total. The van der Waals surface area contributed by atoms with Gasteiger partial charge in [0.15, 0.2) is 0 Å². The van der Waals surface area contributed by atoms with Crippen LogP contribution in [0.3, 0.4) is 0 Å². The first kappa shape index (κ1) is 24.5. The van der Waals surface area contributed by atoms with Crippen LogP contribution in [0.5, 0.6) is 0 Å². The Balaban J connectivity index is 0.00000338. The fourth-order valence-electron chi connectivity index (χ4n) is 4.41. The van der Waals surface area contributed by atoms with Crippen LogP contribution in [-0.2, 0) is 0 Å². The molecule has 0 atom stereocenters. The van der Waals surface area contributed by atoms with Gasteiger partial charge >= 0.3 is 7.87 Å². The number of halogens is 1. The van der Waals surface area contributed by atoms with E-state index < -0.39 is 7.87 Å². The van der Waals surface area contributed by atoms with E-state index in [-0.39, 0.29) is 12.4 Å². The highest BCUT2D eigenvalue weighted by Crippen LogP contribution is 2.70. The molecule has 0 bridgehead atoms. The molecule has 6 nitrogen and oxygen atoms in total. The molecular formula is C18H42ClN6P. The fraction of sp³-hybridized carbons (Fsp3) is 1.00. The molecule has 0 aromatic heterocycles. The van der Waals surface area contributed by atoms with Gasteiger partial charge in [0.1, 0.15) is 0 Å². The van der Waals surface area contributed by atoms with Crippen molar-refractivity contribution in [1.29, 1.82) is 0 Å². The molecule has 156 valence electrons. The zero-order valence-electron chi connectivity index (χ0n) is 18.0. The van der Waals surface area contributed by atoms with E-state index in [9.17, 15) is 0 Å². The Morgan fingerprint density at radius 3 is 1.08 bits per heavy atom. The minimum atomic E-state index is -1.64. The minimum absolute atomic E-state index is 0. The van der Waals surface area contributed by atoms with E-state index in [1.165, 1.54) is 52.4 Å². The van der Waals surface area contributed by atoms with Crippen LogP contribution >= 0.6 is 7.87 Å². The molecule has 0 amide bonds. The molecule has 2 heterocycles. The first-order valence-corrected chi connectivity index (χ1v) is 11.9. The molecule has 0 unspecified atom stereocenters. The Morgan fingerprint density at radius 2 is 0.846 bits per heavy atom. The molecule has 26 heavy (non-hydrogen) atoms. The van der Waals surface area contributed by atoms with Crippen LogP contribution in [-0.4, -0.2) is 121 Å². The lowest BCUT2D eigenvalue weighted by Crippen LogP contribution is -3.00. The average Bonchev–Trinajstić information content (AvgIpc) is 2.63. The van der Waals surface area contributed by atoms with Crippen molar-refractivity contribution in [3.63, 3.8) is 0 Å². The lowest BCUT2D eigenvalue weighted by atomic mass is 10.4. The Bertz CT molecular complexity index is 342. The number of hydrogen-bond donors (Lipinski definition) is 0. The molecule has 2 fully saturated rings. The maximum Gasteiger partial charge on any atom is 0.308 e. The van der Waals surface area contributed by atoms with E-state index >= 15 is 0 Å². The van der Waals surface area contributed by atoms with E-state index in [4.69, 9.17) is 0 Å². The van der Waals surface area contributed by atoms with Crippen LogP contribution in [0.15, 0.2) is 0 Å². The topological polar surface area (TPSA) is 19.4 Å². The molecule has 2 aliphatic rings. The lowest BCUT2D eigenvalue weighted by molar-refractivity contribution is -0.00000632. The van der Waals surface area contributed by atoms with Crippen molar-refractivity contribution in [1.82, 2.24) is 28.5 Å². The fourth-order valence-corrected chi connectivity index (χ4v) is 9.50. The van der Waals surface area contributed by atoms with Crippen LogP contribution in [0.4, 0.5) is 0 Å². The second-order valence-electron chi connectivity index (χ2n) is 7.33. The van der Waals surface area contributed by atoms with Crippen molar-refractivity contribution >= 4 is 7.87 Å². The number of rotatable bonds is 8. The van der Waals surface area contributed by atoms with Gasteiger partial charge < -0.3 is 22.2 Å². The van der Waals surface area contributed by atoms with Crippen LogP contribution < -0.4 is 12.4 Å². The van der Waals surface area contributed by atoms with Crippen LogP contribution in [0.1, 0.15) is 27.7 Å². The van der Waals surface area contributed by atoms with Crippen molar-refractivity contribution in [2.75, 3.05) is 92.6 Å². The van der Waals surface area contributed by atoms with Gasteiger partial charge in [0.05, 0.1) is 26.2 Å². The minimum Gasteiger partial charge on any atom is -1.00 e. The summed E-state index contributed by atoms with van der Waals surface area (Å²) in [5.41, 5.74) is 0. The van der Waals surface area contributed by atoms with Gasteiger partial charge in [0.2, 0.25) is 0 Å². The third-order valence-electron chi connectivity index (χ3n) is 5.94. The standard InChI is InChI=1S/C18H42N6P.ClH/c1-7-21(8-2)25(22(9-3)10-4,23-15-11-19(5)12-16-23)24-17-13-20(6)14-18-24;/h7-18H2,1-6H3;1H/q+1;/p-1. The van der Waals surface area contributed by atoms with Gasteiger partial charge in [-0.2, -0.15) is 0 Å². The highest BCUT2D eigenvalue weighted by atomic mass is 35.5. The summed E-state index contributed by atoms with van der Waals surface area (Å²) in [6.45, 7) is 23.5. The third-order valence-corrected chi connectivity index (χ3v) is 10.9. The van der Waals surface area contributed by atoms with Gasteiger partial charge in [-0.15, -0.1) is 18.7 Å². The summed E-state index contributed by atoms with van der Waals surface area (Å²) in [5.74, 6) is 0. The summed E-state index contributed by atoms with van der Waals surface area (Å²) >= 11 is 0. The zero-order valence-corrected chi connectivity index (χ0v) is 19.6. The van der Waals surface area contributed by atoms with Crippen molar-refractivity contribution in [2.45, 2.75) is 27.7 Å². The zero-order chi connectivity index (χ0) is 18.4. The van der Waals surface area contributed by atoms with Gasteiger partial charge in [0.25, 0.3) is 0 Å². The molecule has 2 saturated heterocycles. The van der Waals surface area contributed by atoms with Crippen molar-refractivity contribution < 1.29 is 12.4 Å². The quantitative estimate of drug-likeness (QED) is 0.469. The second kappa shape index (κ2) is 11.5. The normalized spacial score (nSPS) is 22.2. The molecule has 0 aromatic rings. The van der Waals surface area contributed by atoms with E-state index in [0.717, 1.165) is 26.2 Å². The van der Waals surface area contributed by atoms with E-state index in [1.807, 2.05) is 0 Å². The van der Waals surface area contributed by atoms with E-state index in [0.29, 0.717) is 0 Å². The number of hydrogen-bond acceptors (Lipinski definition) is 6. The first-order chi connectivity index (χ1) is 12.0. The summed E-state index contributed by atoms with van der Waals surface area (Å²) in [7, 11) is 2.89. The largest absolute Gasteiger partial charge is 1.00 e. The molecule has 8 heteroatoms. The number of piperazine rings is 2. The van der Waals surface area contributed by atoms with Crippen LogP contribution in [0.2, 0.25) is 0 Å². The predicted molar refractivity (Wildman–Crippen MR) is 111 cm³/mol. The molecule has 0 spiro atoms. The summed E-state index contributed by atoms with van der Waals surface area (Å²) in [5, 5.41) is 0. The second-order valence-corrected chi connectivity index (χ2v) is 10.7. The predicted octanol–water partition coefficient (Wildman–Crippen LogP) is -1.15. The molecule has 0 saturated carbocycles. The summed E-state index contributed by atoms with van der Waals surface area (Å²) in [6.07, 6.45) is 0. The van der Waals surface area contributed by atoms with E-state index in [2.05, 4.69) is 70.3 Å². The number of nitrogens with zero attached hydrogens (tertiary/aromatic N) is 6. The van der Waals surface area contributed by atoms with Crippen molar-refractivity contribution in [3.05, 3.63) is 0 Å². The van der Waals surface area contributed by atoms with Gasteiger partial charge in [-0.1, -0.05) is 0 Å². The van der Waals surface area contributed by atoms with Crippen LogP contribution in [0, 0.1) is 0 Å². The summed E-state index contributed by atoms with van der Waals surface area (Å²) in [4.78, 5) is 4.97. The monoisotopic (exact) mass is 408 g/mol. The molecular weight excluding hydrogens is 367 g/mol. The average molecular weight is 409 g/mol. The van der Waals surface area contributed by atoms with Gasteiger partial charge in [-0.3, -0.25) is 0 Å². The van der Waals surface area contributed by atoms with Crippen molar-refractivity contribution in [2.24, 2.45) is 0 Å². The maximum absolute atomic E-state index is 2.89. The van der Waals surface area contributed by atoms with Gasteiger partial charge in [-0.05, 0) is 41.8 Å². The Morgan fingerprint density at radius 1 is 0.577 bits per heavy atom. The lowest BCUT2D eigenvalue weighted by Gasteiger charge is -2.53. The highest BCUT2D eigenvalue weighted by Gasteiger charge is 2.60. The molecule has 0 aliphatic carbocycles. The molecule has 0 radical (unpaired) electrons. The first-order valence-electron chi connectivity index (χ1n) is 10.3. The summed E-state index contributed by atoms with van der Waals surface area (Å²) < 4.78 is 11.4. The molecule has 2 rings (SSSR count). The van der Waals surface area contributed by atoms with Crippen LogP contribution in [0.25, 0.3) is 0 Å². The molecule has 0 aromatic carbocycles. The van der Waals surface area contributed by atoms with Gasteiger partial charge in [-0.25, -0.2) is 0 Å². The Hall–Kier alpha value is 0.480. The maximum atomic E-state index is 2.89. The van der Waals surface area contributed by atoms with E-state index in [1.54, 1.807) is 0 Å². The Kier molecular flexibility index (Phi) is 10.8. The molecule has 2 aliphatic heterocycles. The van der Waals surface area contributed by atoms with Gasteiger partial charge in [0, 0.05) is 52.4 Å². The number of likely N-dealkylation sites (N-methyl/N-ethyl adjacent to an activating group) is 2. The van der Waals surface area contributed by atoms with Crippen molar-refractivity contribution in [3.8, 4) is 0 Å². The SMILES string of the molecule is CCN(CC)[P+](N(CC)CC)(N1CCN(C)CC1)N1CCN(C)CC1.[Cl-]. The third kappa shape index (κ3) is 4.90.